The lowest BCUT2D eigenvalue weighted by atomic mass is 9.84. The zero-order chi connectivity index (χ0) is 12.4. The highest BCUT2D eigenvalue weighted by molar-refractivity contribution is 5.33. The third-order valence-electron chi connectivity index (χ3n) is 3.04. The van der Waals surface area contributed by atoms with Crippen molar-refractivity contribution >= 4 is 6.08 Å². The average Bonchev–Trinajstić information content (AvgIpc) is 2.20. The molecule has 0 aromatic carbocycles. The summed E-state index contributed by atoms with van der Waals surface area (Å²) in [6.45, 7) is 8.63. The molecule has 0 heterocycles. The van der Waals surface area contributed by atoms with Gasteiger partial charge in [-0.15, -0.1) is 0 Å². The summed E-state index contributed by atoms with van der Waals surface area (Å²) in [6, 6.07) is 0.135. The molecule has 2 nitrogen and oxygen atoms in total. The number of aliphatic imine (C=N–C) groups is 1. The summed E-state index contributed by atoms with van der Waals surface area (Å²) < 4.78 is 0. The molecular formula is C14H27NO. The van der Waals surface area contributed by atoms with Crippen molar-refractivity contribution in [3.63, 3.8) is 0 Å². The van der Waals surface area contributed by atoms with Crippen LogP contribution in [0.2, 0.25) is 0 Å². The van der Waals surface area contributed by atoms with E-state index < -0.39 is 0 Å². The quantitative estimate of drug-likeness (QED) is 0.340. The highest BCUT2D eigenvalue weighted by atomic mass is 16.1. The molecule has 0 aromatic heterocycles. The van der Waals surface area contributed by atoms with Gasteiger partial charge in [-0.1, -0.05) is 66.2 Å². The zero-order valence-electron chi connectivity index (χ0n) is 11.4. The van der Waals surface area contributed by atoms with Gasteiger partial charge in [-0.3, -0.25) is 0 Å². The fraction of sp³-hybridized carbons (Fsp3) is 0.929. The van der Waals surface area contributed by atoms with Crippen molar-refractivity contribution in [1.29, 1.82) is 0 Å². The van der Waals surface area contributed by atoms with Crippen LogP contribution in [0.5, 0.6) is 0 Å². The van der Waals surface area contributed by atoms with Crippen LogP contribution >= 0.6 is 0 Å². The van der Waals surface area contributed by atoms with Crippen molar-refractivity contribution in [3.05, 3.63) is 0 Å². The first kappa shape index (κ1) is 15.4. The van der Waals surface area contributed by atoms with Crippen LogP contribution < -0.4 is 0 Å². The molecule has 0 bridgehead atoms. The van der Waals surface area contributed by atoms with E-state index in [4.69, 9.17) is 0 Å². The van der Waals surface area contributed by atoms with E-state index in [1.807, 2.05) is 0 Å². The number of carbonyl (C=O) groups excluding carboxylic acids is 1. The molecule has 0 spiro atoms. The molecule has 2 heteroatoms. The molecule has 0 saturated heterocycles. The summed E-state index contributed by atoms with van der Waals surface area (Å²) in [5, 5.41) is 0. The minimum absolute atomic E-state index is 0.0842. The van der Waals surface area contributed by atoms with Crippen LogP contribution in [0.25, 0.3) is 0 Å². The van der Waals surface area contributed by atoms with Gasteiger partial charge in [0, 0.05) is 0 Å². The smallest absolute Gasteiger partial charge is 0.211 e. The molecule has 0 N–H and O–H groups in total. The predicted octanol–water partition coefficient (Wildman–Crippen LogP) is 4.49. The van der Waals surface area contributed by atoms with Gasteiger partial charge < -0.3 is 0 Å². The molecule has 0 saturated carbocycles. The van der Waals surface area contributed by atoms with E-state index >= 15 is 0 Å². The third kappa shape index (κ3) is 7.64. The minimum atomic E-state index is 0.0842. The van der Waals surface area contributed by atoms with Gasteiger partial charge >= 0.3 is 0 Å². The highest BCUT2D eigenvalue weighted by Gasteiger charge is 2.23. The number of hydrogen-bond acceptors (Lipinski definition) is 2. The van der Waals surface area contributed by atoms with Crippen LogP contribution in [0, 0.1) is 5.41 Å². The summed E-state index contributed by atoms with van der Waals surface area (Å²) in [6.07, 6.45) is 10.5. The predicted molar refractivity (Wildman–Crippen MR) is 69.4 cm³/mol. The van der Waals surface area contributed by atoms with Gasteiger partial charge in [-0.05, 0) is 11.8 Å². The Hall–Kier alpha value is -0.620. The topological polar surface area (TPSA) is 29.4 Å². The lowest BCUT2D eigenvalue weighted by molar-refractivity contribution is 0.299. The van der Waals surface area contributed by atoms with E-state index in [1.165, 1.54) is 38.5 Å². The molecule has 0 aliphatic carbocycles. The monoisotopic (exact) mass is 225 g/mol. The van der Waals surface area contributed by atoms with Crippen molar-refractivity contribution in [2.75, 3.05) is 0 Å². The van der Waals surface area contributed by atoms with Crippen molar-refractivity contribution in [1.82, 2.24) is 0 Å². The Morgan fingerprint density at radius 1 is 1.06 bits per heavy atom. The SMILES string of the molecule is CCCCCCCCC(N=C=O)C(C)(C)C. The van der Waals surface area contributed by atoms with Crippen LogP contribution in [0.3, 0.4) is 0 Å². The molecular weight excluding hydrogens is 198 g/mol. The molecule has 0 rings (SSSR count). The first-order chi connectivity index (χ1) is 7.52. The van der Waals surface area contributed by atoms with E-state index in [0.717, 1.165) is 6.42 Å². The van der Waals surface area contributed by atoms with Gasteiger partial charge in [0.25, 0.3) is 0 Å². The van der Waals surface area contributed by atoms with Crippen LogP contribution in [-0.2, 0) is 4.79 Å². The van der Waals surface area contributed by atoms with Crippen LogP contribution in [0.15, 0.2) is 4.99 Å². The fourth-order valence-corrected chi connectivity index (χ4v) is 1.87. The van der Waals surface area contributed by atoms with Gasteiger partial charge in [0.1, 0.15) is 0 Å². The van der Waals surface area contributed by atoms with E-state index in [2.05, 4.69) is 32.7 Å². The molecule has 0 radical (unpaired) electrons. The Morgan fingerprint density at radius 2 is 1.62 bits per heavy atom. The maximum absolute atomic E-state index is 10.3. The maximum Gasteiger partial charge on any atom is 0.235 e. The van der Waals surface area contributed by atoms with Crippen LogP contribution in [0.1, 0.15) is 72.6 Å². The molecule has 0 aliphatic rings. The van der Waals surface area contributed by atoms with Gasteiger partial charge in [0.05, 0.1) is 6.04 Å². The molecule has 1 unspecified atom stereocenters. The molecule has 16 heavy (non-hydrogen) atoms. The summed E-state index contributed by atoms with van der Waals surface area (Å²) in [5.74, 6) is 0. The lowest BCUT2D eigenvalue weighted by Crippen LogP contribution is -2.24. The van der Waals surface area contributed by atoms with Crippen molar-refractivity contribution in [2.24, 2.45) is 10.4 Å². The molecule has 0 amide bonds. The number of isocyanates is 1. The number of nitrogens with zero attached hydrogens (tertiary/aromatic N) is 1. The van der Waals surface area contributed by atoms with Gasteiger partial charge in [0.2, 0.25) is 6.08 Å². The lowest BCUT2D eigenvalue weighted by Gasteiger charge is -2.25. The second-order valence-electron chi connectivity index (χ2n) is 5.66. The first-order valence-electron chi connectivity index (χ1n) is 6.59. The highest BCUT2D eigenvalue weighted by Crippen LogP contribution is 2.26. The van der Waals surface area contributed by atoms with Crippen molar-refractivity contribution in [2.45, 2.75) is 78.7 Å². The normalized spacial score (nSPS) is 13.2. The first-order valence-corrected chi connectivity index (χ1v) is 6.59. The molecule has 94 valence electrons. The Labute approximate surface area is 101 Å². The van der Waals surface area contributed by atoms with E-state index in [1.54, 1.807) is 6.08 Å². The summed E-state index contributed by atoms with van der Waals surface area (Å²) >= 11 is 0. The van der Waals surface area contributed by atoms with Crippen molar-refractivity contribution in [3.8, 4) is 0 Å². The molecule has 1 atom stereocenters. The largest absolute Gasteiger partial charge is 0.235 e. The summed E-state index contributed by atoms with van der Waals surface area (Å²) in [4.78, 5) is 14.3. The Bertz CT molecular complexity index is 211. The van der Waals surface area contributed by atoms with E-state index in [-0.39, 0.29) is 11.5 Å². The van der Waals surface area contributed by atoms with Gasteiger partial charge in [0.15, 0.2) is 0 Å². The maximum atomic E-state index is 10.3. The van der Waals surface area contributed by atoms with Gasteiger partial charge in [-0.25, -0.2) is 9.79 Å². The average molecular weight is 225 g/mol. The zero-order valence-corrected chi connectivity index (χ0v) is 11.4. The molecule has 0 fully saturated rings. The number of hydrogen-bond donors (Lipinski definition) is 0. The second kappa shape index (κ2) is 8.52. The van der Waals surface area contributed by atoms with Crippen LogP contribution in [-0.4, -0.2) is 12.1 Å². The fourth-order valence-electron chi connectivity index (χ4n) is 1.87. The standard InChI is InChI=1S/C14H27NO/c1-5-6-7-8-9-10-11-13(15-12-16)14(2,3)4/h13H,5-11H2,1-4H3. The third-order valence-corrected chi connectivity index (χ3v) is 3.04. The van der Waals surface area contributed by atoms with Gasteiger partial charge in [-0.2, -0.15) is 0 Å². The second-order valence-corrected chi connectivity index (χ2v) is 5.66. The van der Waals surface area contributed by atoms with Crippen LogP contribution in [0.4, 0.5) is 0 Å². The minimum Gasteiger partial charge on any atom is -0.211 e. The number of unbranched alkanes of at least 4 members (excludes halogenated alkanes) is 5. The molecule has 0 aliphatic heterocycles. The summed E-state index contributed by atoms with van der Waals surface area (Å²) in [5.41, 5.74) is 0.0842. The van der Waals surface area contributed by atoms with Crippen molar-refractivity contribution < 1.29 is 4.79 Å². The summed E-state index contributed by atoms with van der Waals surface area (Å²) in [7, 11) is 0. The molecule has 0 aromatic rings. The number of rotatable bonds is 8. The van der Waals surface area contributed by atoms with E-state index in [9.17, 15) is 4.79 Å². The Kier molecular flexibility index (Phi) is 8.19. The Balaban J connectivity index is 3.74. The Morgan fingerprint density at radius 3 is 2.12 bits per heavy atom. The van der Waals surface area contributed by atoms with E-state index in [0.29, 0.717) is 0 Å².